The van der Waals surface area contributed by atoms with Crippen molar-refractivity contribution in [2.45, 2.75) is 13.5 Å². The molecule has 23 heavy (non-hydrogen) atoms. The molecule has 2 rings (SSSR count). The summed E-state index contributed by atoms with van der Waals surface area (Å²) < 4.78 is 18.4. The second-order valence-corrected chi connectivity index (χ2v) is 4.91. The topological polar surface area (TPSA) is 67.4 Å². The Morgan fingerprint density at radius 3 is 2.61 bits per heavy atom. The standard InChI is InChI=1S/C17H17FN2O3/c1-11(21)20-14-5-3-4-13(9-14)17(22)19-10-12-6-7-16(23-2)15(18)8-12/h3-9H,10H2,1-2H3,(H,19,22)(H,20,21). The summed E-state index contributed by atoms with van der Waals surface area (Å²) in [4.78, 5) is 23.2. The van der Waals surface area contributed by atoms with Gasteiger partial charge in [-0.3, -0.25) is 9.59 Å². The van der Waals surface area contributed by atoms with Gasteiger partial charge in [0, 0.05) is 24.7 Å². The third kappa shape index (κ3) is 4.54. The maximum atomic E-state index is 13.6. The molecular weight excluding hydrogens is 299 g/mol. The molecule has 120 valence electrons. The molecule has 0 saturated heterocycles. The van der Waals surface area contributed by atoms with Crippen LogP contribution in [0.15, 0.2) is 42.5 Å². The Hall–Kier alpha value is -2.89. The van der Waals surface area contributed by atoms with Gasteiger partial charge in [0.1, 0.15) is 0 Å². The third-order valence-electron chi connectivity index (χ3n) is 3.11. The molecule has 0 aliphatic rings. The molecule has 2 N–H and O–H groups in total. The van der Waals surface area contributed by atoms with Crippen molar-refractivity contribution in [3.05, 3.63) is 59.4 Å². The molecule has 0 aromatic heterocycles. The lowest BCUT2D eigenvalue weighted by Gasteiger charge is -2.08. The quantitative estimate of drug-likeness (QED) is 0.891. The summed E-state index contributed by atoms with van der Waals surface area (Å²) >= 11 is 0. The van der Waals surface area contributed by atoms with Gasteiger partial charge in [0.05, 0.1) is 7.11 Å². The average molecular weight is 316 g/mol. The van der Waals surface area contributed by atoms with Crippen LogP contribution in [0.25, 0.3) is 0 Å². The summed E-state index contributed by atoms with van der Waals surface area (Å²) in [6.45, 7) is 1.58. The van der Waals surface area contributed by atoms with E-state index in [0.29, 0.717) is 16.8 Å². The lowest BCUT2D eigenvalue weighted by Crippen LogP contribution is -2.23. The zero-order valence-electron chi connectivity index (χ0n) is 12.9. The highest BCUT2D eigenvalue weighted by Crippen LogP contribution is 2.17. The van der Waals surface area contributed by atoms with E-state index in [4.69, 9.17) is 4.74 Å². The molecule has 2 aromatic carbocycles. The molecule has 0 heterocycles. The van der Waals surface area contributed by atoms with Crippen molar-refractivity contribution in [3.63, 3.8) is 0 Å². The van der Waals surface area contributed by atoms with Crippen LogP contribution in [0.3, 0.4) is 0 Å². The number of carbonyl (C=O) groups is 2. The first-order valence-electron chi connectivity index (χ1n) is 6.98. The van der Waals surface area contributed by atoms with Crippen LogP contribution < -0.4 is 15.4 Å². The van der Waals surface area contributed by atoms with Crippen molar-refractivity contribution in [2.24, 2.45) is 0 Å². The smallest absolute Gasteiger partial charge is 0.251 e. The van der Waals surface area contributed by atoms with Gasteiger partial charge >= 0.3 is 0 Å². The van der Waals surface area contributed by atoms with E-state index in [1.165, 1.54) is 26.2 Å². The zero-order valence-corrected chi connectivity index (χ0v) is 12.9. The van der Waals surface area contributed by atoms with Gasteiger partial charge in [0.2, 0.25) is 5.91 Å². The fraction of sp³-hybridized carbons (Fsp3) is 0.176. The number of anilines is 1. The fourth-order valence-corrected chi connectivity index (χ4v) is 2.05. The summed E-state index contributed by atoms with van der Waals surface area (Å²) in [5.74, 6) is -0.848. The molecular formula is C17H17FN2O3. The summed E-state index contributed by atoms with van der Waals surface area (Å²) in [7, 11) is 1.39. The average Bonchev–Trinajstić information content (AvgIpc) is 2.52. The maximum Gasteiger partial charge on any atom is 0.251 e. The Balaban J connectivity index is 2.02. The SMILES string of the molecule is COc1ccc(CNC(=O)c2cccc(NC(C)=O)c2)cc1F. The highest BCUT2D eigenvalue weighted by molar-refractivity contribution is 5.96. The molecule has 0 radical (unpaired) electrons. The van der Waals surface area contributed by atoms with Crippen LogP contribution >= 0.6 is 0 Å². The zero-order chi connectivity index (χ0) is 16.8. The molecule has 2 aromatic rings. The van der Waals surface area contributed by atoms with Crippen molar-refractivity contribution in [1.82, 2.24) is 5.32 Å². The molecule has 0 bridgehead atoms. The summed E-state index contributed by atoms with van der Waals surface area (Å²) in [6, 6.07) is 11.1. The van der Waals surface area contributed by atoms with E-state index in [1.54, 1.807) is 30.3 Å². The third-order valence-corrected chi connectivity index (χ3v) is 3.11. The number of amides is 2. The molecule has 6 heteroatoms. The Morgan fingerprint density at radius 1 is 1.17 bits per heavy atom. The van der Waals surface area contributed by atoms with Gasteiger partial charge in [-0.25, -0.2) is 4.39 Å². The van der Waals surface area contributed by atoms with E-state index in [2.05, 4.69) is 10.6 Å². The predicted octanol–water partition coefficient (Wildman–Crippen LogP) is 2.72. The Labute approximate surface area is 133 Å². The molecule has 0 saturated carbocycles. The van der Waals surface area contributed by atoms with Crippen LogP contribution in [0.1, 0.15) is 22.8 Å². The number of carbonyl (C=O) groups excluding carboxylic acids is 2. The molecule has 0 spiro atoms. The molecule has 0 fully saturated rings. The summed E-state index contributed by atoms with van der Waals surface area (Å²) in [5, 5.41) is 5.31. The van der Waals surface area contributed by atoms with Gasteiger partial charge in [-0.15, -0.1) is 0 Å². The van der Waals surface area contributed by atoms with Crippen LogP contribution in [-0.4, -0.2) is 18.9 Å². The van der Waals surface area contributed by atoms with Gasteiger partial charge < -0.3 is 15.4 Å². The van der Waals surface area contributed by atoms with E-state index < -0.39 is 5.82 Å². The normalized spacial score (nSPS) is 10.0. The van der Waals surface area contributed by atoms with E-state index in [-0.39, 0.29) is 24.1 Å². The van der Waals surface area contributed by atoms with Crippen LogP contribution in [0.5, 0.6) is 5.75 Å². The number of rotatable bonds is 5. The van der Waals surface area contributed by atoms with Crippen LogP contribution in [0.4, 0.5) is 10.1 Å². The van der Waals surface area contributed by atoms with Crippen molar-refractivity contribution in [3.8, 4) is 5.75 Å². The van der Waals surface area contributed by atoms with Crippen LogP contribution in [-0.2, 0) is 11.3 Å². The predicted molar refractivity (Wildman–Crippen MR) is 84.9 cm³/mol. The highest BCUT2D eigenvalue weighted by Gasteiger charge is 2.08. The van der Waals surface area contributed by atoms with E-state index in [1.807, 2.05) is 0 Å². The number of nitrogens with one attached hydrogen (secondary N) is 2. The lowest BCUT2D eigenvalue weighted by molar-refractivity contribution is -0.114. The number of ether oxygens (including phenoxy) is 1. The van der Waals surface area contributed by atoms with E-state index in [0.717, 1.165) is 0 Å². The van der Waals surface area contributed by atoms with Crippen molar-refractivity contribution in [2.75, 3.05) is 12.4 Å². The van der Waals surface area contributed by atoms with Gasteiger partial charge in [-0.05, 0) is 35.9 Å². The summed E-state index contributed by atoms with van der Waals surface area (Å²) in [6.07, 6.45) is 0. The van der Waals surface area contributed by atoms with Gasteiger partial charge in [0.25, 0.3) is 5.91 Å². The van der Waals surface area contributed by atoms with E-state index >= 15 is 0 Å². The molecule has 0 aliphatic carbocycles. The second kappa shape index (κ2) is 7.40. The number of benzene rings is 2. The van der Waals surface area contributed by atoms with E-state index in [9.17, 15) is 14.0 Å². The fourth-order valence-electron chi connectivity index (χ4n) is 2.05. The first kappa shape index (κ1) is 16.5. The molecule has 5 nitrogen and oxygen atoms in total. The highest BCUT2D eigenvalue weighted by atomic mass is 19.1. The number of hydrogen-bond donors (Lipinski definition) is 2. The maximum absolute atomic E-state index is 13.6. The van der Waals surface area contributed by atoms with Gasteiger partial charge in [0.15, 0.2) is 11.6 Å². The van der Waals surface area contributed by atoms with Crippen molar-refractivity contribution < 1.29 is 18.7 Å². The first-order valence-corrected chi connectivity index (χ1v) is 6.98. The Bertz CT molecular complexity index is 732. The minimum atomic E-state index is -0.480. The number of hydrogen-bond acceptors (Lipinski definition) is 3. The lowest BCUT2D eigenvalue weighted by atomic mass is 10.1. The Morgan fingerprint density at radius 2 is 1.96 bits per heavy atom. The summed E-state index contributed by atoms with van der Waals surface area (Å²) in [5.41, 5.74) is 1.57. The van der Waals surface area contributed by atoms with Crippen LogP contribution in [0, 0.1) is 5.82 Å². The minimum absolute atomic E-state index is 0.156. The second-order valence-electron chi connectivity index (χ2n) is 4.91. The molecule has 2 amide bonds. The van der Waals surface area contributed by atoms with Gasteiger partial charge in [-0.1, -0.05) is 12.1 Å². The van der Waals surface area contributed by atoms with Crippen LogP contribution in [0.2, 0.25) is 0 Å². The van der Waals surface area contributed by atoms with Crippen molar-refractivity contribution >= 4 is 17.5 Å². The largest absolute Gasteiger partial charge is 0.494 e. The first-order chi connectivity index (χ1) is 11.0. The monoisotopic (exact) mass is 316 g/mol. The minimum Gasteiger partial charge on any atom is -0.494 e. The number of halogens is 1. The Kier molecular flexibility index (Phi) is 5.30. The molecule has 0 aliphatic heterocycles. The molecule has 0 unspecified atom stereocenters. The molecule has 0 atom stereocenters. The van der Waals surface area contributed by atoms with Gasteiger partial charge in [-0.2, -0.15) is 0 Å². The van der Waals surface area contributed by atoms with Crippen molar-refractivity contribution in [1.29, 1.82) is 0 Å². The number of methoxy groups -OCH3 is 1.